The summed E-state index contributed by atoms with van der Waals surface area (Å²) in [5, 5.41) is 2.87. The zero-order chi connectivity index (χ0) is 21.6. The van der Waals surface area contributed by atoms with E-state index in [0.29, 0.717) is 48.6 Å². The van der Waals surface area contributed by atoms with Gasteiger partial charge >= 0.3 is 0 Å². The van der Waals surface area contributed by atoms with E-state index in [0.717, 1.165) is 44.1 Å². The van der Waals surface area contributed by atoms with Crippen LogP contribution in [0.15, 0.2) is 47.4 Å². The predicted molar refractivity (Wildman–Crippen MR) is 118 cm³/mol. The van der Waals surface area contributed by atoms with Gasteiger partial charge in [0.1, 0.15) is 17.4 Å². The Bertz CT molecular complexity index is 953. The summed E-state index contributed by atoms with van der Waals surface area (Å²) in [4.78, 5) is 29.8. The molecule has 3 saturated carbocycles. The normalized spacial score (nSPS) is 34.5. The number of amides is 1. The number of rotatable bonds is 4. The molecule has 5 rings (SSSR count). The molecule has 3 fully saturated rings. The number of nitrogens with one attached hydrogen (secondary N) is 1. The van der Waals surface area contributed by atoms with Crippen molar-refractivity contribution < 1.29 is 14.0 Å². The molecule has 5 atom stereocenters. The minimum atomic E-state index is -0.279. The molecular formula is C26H31FN2O2. The van der Waals surface area contributed by atoms with Gasteiger partial charge in [0.25, 0.3) is 0 Å². The van der Waals surface area contributed by atoms with E-state index in [9.17, 15) is 14.0 Å². The van der Waals surface area contributed by atoms with E-state index in [1.54, 1.807) is 12.3 Å². The molecule has 4 nitrogen and oxygen atoms in total. The summed E-state index contributed by atoms with van der Waals surface area (Å²) in [6, 6.07) is 5.45. The average Bonchev–Trinajstić information content (AvgIpc) is 3.03. The van der Waals surface area contributed by atoms with Crippen LogP contribution in [0.2, 0.25) is 0 Å². The molecule has 0 aliphatic heterocycles. The lowest BCUT2D eigenvalue weighted by molar-refractivity contribution is -0.129. The lowest BCUT2D eigenvalue weighted by Gasteiger charge is -2.51. The third-order valence-corrected chi connectivity index (χ3v) is 8.49. The monoisotopic (exact) mass is 422 g/mol. The Morgan fingerprint density at radius 2 is 2.16 bits per heavy atom. The number of ketones is 1. The highest BCUT2D eigenvalue weighted by atomic mass is 19.1. The van der Waals surface area contributed by atoms with Crippen LogP contribution in [0.4, 0.5) is 10.2 Å². The number of pyridine rings is 1. The number of allylic oxidation sites excluding steroid dienone is 4. The topological polar surface area (TPSA) is 59.1 Å². The molecule has 0 bridgehead atoms. The van der Waals surface area contributed by atoms with Crippen LogP contribution in [-0.4, -0.2) is 16.7 Å². The fourth-order valence-corrected chi connectivity index (χ4v) is 7.11. The maximum Gasteiger partial charge on any atom is 0.225 e. The third-order valence-electron chi connectivity index (χ3n) is 8.49. The largest absolute Gasteiger partial charge is 0.311 e. The highest BCUT2D eigenvalue weighted by molar-refractivity contribution is 5.90. The lowest BCUT2D eigenvalue weighted by Crippen LogP contribution is -2.45. The third kappa shape index (κ3) is 3.56. The molecule has 1 amide bonds. The second kappa shape index (κ2) is 7.99. The number of hydrogen-bond acceptors (Lipinski definition) is 3. The van der Waals surface area contributed by atoms with Gasteiger partial charge in [-0.25, -0.2) is 9.37 Å². The van der Waals surface area contributed by atoms with E-state index < -0.39 is 0 Å². The number of nitrogens with zero attached hydrogens (tertiary/aromatic N) is 1. The van der Waals surface area contributed by atoms with E-state index in [1.165, 1.54) is 5.57 Å². The maximum absolute atomic E-state index is 14.5. The fraction of sp³-hybridized carbons (Fsp3) is 0.577. The van der Waals surface area contributed by atoms with E-state index in [2.05, 4.69) is 23.3 Å². The number of fused-ring (bicyclic) bond motifs is 5. The molecule has 3 unspecified atom stereocenters. The molecule has 31 heavy (non-hydrogen) atoms. The highest BCUT2D eigenvalue weighted by Crippen LogP contribution is 2.62. The number of carbonyl (C=O) groups is 2. The van der Waals surface area contributed by atoms with E-state index >= 15 is 0 Å². The summed E-state index contributed by atoms with van der Waals surface area (Å²) in [5.74, 6) is 2.32. The minimum absolute atomic E-state index is 0.0435. The molecule has 5 heteroatoms. The minimum Gasteiger partial charge on any atom is -0.311 e. The standard InChI is InChI=1S/C26H31FN2O2/c1-26-13-12-18-17-5-4-6-21(27)19(17)9-10-20(18)25(26)16(15-22(26)30)8-11-24(31)29-23-7-2-3-14-28-23/h2-3,5,7,14,16,18,20,25H,4,6,8-13,15H2,1H3,(H,28,29,31)/t16-,18?,20?,25?,26-/m1/s1. The maximum atomic E-state index is 14.5. The summed E-state index contributed by atoms with van der Waals surface area (Å²) in [6.07, 6.45) is 10.6. The van der Waals surface area contributed by atoms with Crippen molar-refractivity contribution in [3.8, 4) is 0 Å². The number of carbonyl (C=O) groups excluding carboxylic acids is 2. The summed E-state index contributed by atoms with van der Waals surface area (Å²) in [6.45, 7) is 2.16. The zero-order valence-corrected chi connectivity index (χ0v) is 18.2. The molecule has 4 aliphatic rings. The Morgan fingerprint density at radius 1 is 1.29 bits per heavy atom. The van der Waals surface area contributed by atoms with Gasteiger partial charge in [-0.15, -0.1) is 0 Å². The van der Waals surface area contributed by atoms with Crippen molar-refractivity contribution in [2.75, 3.05) is 5.32 Å². The van der Waals surface area contributed by atoms with Gasteiger partial charge in [-0.05, 0) is 85.5 Å². The molecule has 164 valence electrons. The predicted octanol–water partition coefficient (Wildman–Crippen LogP) is 5.78. The van der Waals surface area contributed by atoms with Crippen molar-refractivity contribution >= 4 is 17.5 Å². The second-order valence-corrected chi connectivity index (χ2v) is 10.1. The smallest absolute Gasteiger partial charge is 0.225 e. The summed E-state index contributed by atoms with van der Waals surface area (Å²) >= 11 is 0. The second-order valence-electron chi connectivity index (χ2n) is 10.1. The Hall–Kier alpha value is -2.30. The number of Topliss-reactive ketones (excluding diaryl/α,β-unsaturated/α-hetero) is 1. The van der Waals surface area contributed by atoms with E-state index in [4.69, 9.17) is 0 Å². The number of halogens is 1. The molecule has 1 heterocycles. The summed E-state index contributed by atoms with van der Waals surface area (Å²) in [5.41, 5.74) is 1.93. The van der Waals surface area contributed by atoms with Crippen LogP contribution in [-0.2, 0) is 9.59 Å². The van der Waals surface area contributed by atoms with Crippen LogP contribution in [0.1, 0.15) is 64.7 Å². The molecule has 4 aliphatic carbocycles. The van der Waals surface area contributed by atoms with Gasteiger partial charge in [-0.2, -0.15) is 0 Å². The van der Waals surface area contributed by atoms with Crippen molar-refractivity contribution in [1.82, 2.24) is 4.98 Å². The van der Waals surface area contributed by atoms with Crippen LogP contribution in [0.3, 0.4) is 0 Å². The Kier molecular flexibility index (Phi) is 5.31. The molecule has 1 N–H and O–H groups in total. The van der Waals surface area contributed by atoms with Gasteiger partial charge in [0, 0.05) is 30.9 Å². The molecule has 0 aromatic carbocycles. The molecule has 0 spiro atoms. The zero-order valence-electron chi connectivity index (χ0n) is 18.2. The van der Waals surface area contributed by atoms with Crippen LogP contribution in [0.25, 0.3) is 0 Å². The van der Waals surface area contributed by atoms with Gasteiger partial charge in [-0.1, -0.05) is 19.1 Å². The van der Waals surface area contributed by atoms with Crippen LogP contribution >= 0.6 is 0 Å². The van der Waals surface area contributed by atoms with Gasteiger partial charge in [-0.3, -0.25) is 9.59 Å². The van der Waals surface area contributed by atoms with Crippen LogP contribution in [0, 0.1) is 29.1 Å². The first kappa shape index (κ1) is 20.6. The molecular weight excluding hydrogens is 391 g/mol. The average molecular weight is 423 g/mol. The van der Waals surface area contributed by atoms with Gasteiger partial charge in [0.05, 0.1) is 0 Å². The van der Waals surface area contributed by atoms with E-state index in [-0.39, 0.29) is 23.1 Å². The van der Waals surface area contributed by atoms with Crippen molar-refractivity contribution in [3.05, 3.63) is 47.4 Å². The molecule has 1 aromatic heterocycles. The summed E-state index contributed by atoms with van der Waals surface area (Å²) < 4.78 is 14.5. The van der Waals surface area contributed by atoms with Crippen LogP contribution in [0.5, 0.6) is 0 Å². The first-order valence-corrected chi connectivity index (χ1v) is 11.8. The number of hydrogen-bond donors (Lipinski definition) is 1. The van der Waals surface area contributed by atoms with Crippen molar-refractivity contribution in [1.29, 1.82) is 0 Å². The highest BCUT2D eigenvalue weighted by Gasteiger charge is 2.58. The van der Waals surface area contributed by atoms with Gasteiger partial charge < -0.3 is 5.32 Å². The Balaban J connectivity index is 1.33. The van der Waals surface area contributed by atoms with Crippen molar-refractivity contribution in [3.63, 3.8) is 0 Å². The van der Waals surface area contributed by atoms with Crippen LogP contribution < -0.4 is 5.32 Å². The van der Waals surface area contributed by atoms with Gasteiger partial charge in [0.15, 0.2) is 0 Å². The van der Waals surface area contributed by atoms with Gasteiger partial charge in [0.2, 0.25) is 5.91 Å². The first-order valence-electron chi connectivity index (χ1n) is 11.8. The molecule has 0 radical (unpaired) electrons. The number of aromatic nitrogens is 1. The SMILES string of the molecule is C[C@]12CCC3C4=CCCC(F)=C4CCC3C1[C@H](CCC(=O)Nc1ccccn1)CC2=O. The molecule has 1 aromatic rings. The first-order chi connectivity index (χ1) is 15.0. The number of anilines is 1. The van der Waals surface area contributed by atoms with E-state index in [1.807, 2.05) is 12.1 Å². The van der Waals surface area contributed by atoms with Crippen molar-refractivity contribution in [2.45, 2.75) is 64.7 Å². The Morgan fingerprint density at radius 3 is 2.97 bits per heavy atom. The molecule has 0 saturated heterocycles. The fourth-order valence-electron chi connectivity index (χ4n) is 7.11. The van der Waals surface area contributed by atoms with Crippen molar-refractivity contribution in [2.24, 2.45) is 29.1 Å². The quantitative estimate of drug-likeness (QED) is 0.669. The lowest BCUT2D eigenvalue weighted by atomic mass is 9.53. The Labute approximate surface area is 183 Å². The summed E-state index contributed by atoms with van der Waals surface area (Å²) in [7, 11) is 0.